The Kier molecular flexibility index (Phi) is 6.28. The standard InChI is InChI=1S/C23H21ClN2O4/c1-25(22(28)15-7-5-4-6-8-15)17-10-11-18(21(14-17)30-3)23(29)26(2)19-12-9-16(24)13-20(19)27/h4-14,27H,1-3H3. The van der Waals surface area contributed by atoms with Crippen LogP contribution in [-0.4, -0.2) is 38.1 Å². The van der Waals surface area contributed by atoms with E-state index in [0.29, 0.717) is 33.3 Å². The van der Waals surface area contributed by atoms with Gasteiger partial charge in [0.2, 0.25) is 0 Å². The van der Waals surface area contributed by atoms with Crippen LogP contribution >= 0.6 is 11.6 Å². The molecular formula is C23H21ClN2O4. The van der Waals surface area contributed by atoms with Crippen LogP contribution in [0.1, 0.15) is 20.7 Å². The molecule has 0 bridgehead atoms. The van der Waals surface area contributed by atoms with Gasteiger partial charge in [-0.1, -0.05) is 29.8 Å². The SMILES string of the molecule is COc1cc(N(C)C(=O)c2ccccc2)ccc1C(=O)N(C)c1ccc(Cl)cc1O. The minimum atomic E-state index is -0.381. The highest BCUT2D eigenvalue weighted by Crippen LogP contribution is 2.32. The maximum atomic E-state index is 13.0. The first-order chi connectivity index (χ1) is 14.3. The number of ether oxygens (including phenoxy) is 1. The highest BCUT2D eigenvalue weighted by molar-refractivity contribution is 6.30. The Morgan fingerprint density at radius 3 is 2.23 bits per heavy atom. The zero-order chi connectivity index (χ0) is 21.8. The van der Waals surface area contributed by atoms with Gasteiger partial charge in [0.25, 0.3) is 11.8 Å². The number of nitrogens with zero attached hydrogens (tertiary/aromatic N) is 2. The summed E-state index contributed by atoms with van der Waals surface area (Å²) in [7, 11) is 4.65. The van der Waals surface area contributed by atoms with Crippen LogP contribution in [0.3, 0.4) is 0 Å². The molecule has 1 N–H and O–H groups in total. The Morgan fingerprint density at radius 1 is 0.900 bits per heavy atom. The van der Waals surface area contributed by atoms with E-state index in [-0.39, 0.29) is 17.6 Å². The third kappa shape index (κ3) is 4.23. The van der Waals surface area contributed by atoms with Crippen molar-refractivity contribution >= 4 is 34.8 Å². The second kappa shape index (κ2) is 8.88. The number of aromatic hydroxyl groups is 1. The Bertz CT molecular complexity index is 1090. The maximum absolute atomic E-state index is 13.0. The molecule has 0 radical (unpaired) electrons. The van der Waals surface area contributed by atoms with E-state index in [1.165, 1.54) is 23.0 Å². The van der Waals surface area contributed by atoms with E-state index < -0.39 is 0 Å². The van der Waals surface area contributed by atoms with Gasteiger partial charge in [-0.3, -0.25) is 9.59 Å². The fourth-order valence-corrected chi connectivity index (χ4v) is 3.19. The number of phenols is 1. The second-order valence-electron chi connectivity index (χ2n) is 6.61. The van der Waals surface area contributed by atoms with Gasteiger partial charge in [-0.2, -0.15) is 0 Å². The number of hydrogen-bond donors (Lipinski definition) is 1. The van der Waals surface area contributed by atoms with E-state index in [1.54, 1.807) is 68.7 Å². The molecule has 0 fully saturated rings. The van der Waals surface area contributed by atoms with Crippen LogP contribution < -0.4 is 14.5 Å². The smallest absolute Gasteiger partial charge is 0.261 e. The molecule has 30 heavy (non-hydrogen) atoms. The summed E-state index contributed by atoms with van der Waals surface area (Å²) in [5, 5.41) is 10.5. The Hall–Kier alpha value is -3.51. The fraction of sp³-hybridized carbons (Fsp3) is 0.130. The number of halogens is 1. The lowest BCUT2D eigenvalue weighted by molar-refractivity contribution is 0.0985. The van der Waals surface area contributed by atoms with E-state index >= 15 is 0 Å². The molecule has 154 valence electrons. The molecule has 0 atom stereocenters. The van der Waals surface area contributed by atoms with Crippen molar-refractivity contribution in [3.05, 3.63) is 82.9 Å². The third-order valence-corrected chi connectivity index (χ3v) is 4.97. The summed E-state index contributed by atoms with van der Waals surface area (Å²) in [6.07, 6.45) is 0. The molecule has 0 aliphatic carbocycles. The van der Waals surface area contributed by atoms with Gasteiger partial charge < -0.3 is 19.6 Å². The number of methoxy groups -OCH3 is 1. The van der Waals surface area contributed by atoms with Crippen molar-refractivity contribution in [1.82, 2.24) is 0 Å². The van der Waals surface area contributed by atoms with Crippen LogP contribution in [0.25, 0.3) is 0 Å². The van der Waals surface area contributed by atoms with Gasteiger partial charge in [-0.25, -0.2) is 0 Å². The van der Waals surface area contributed by atoms with Crippen LogP contribution in [-0.2, 0) is 0 Å². The molecule has 0 aliphatic rings. The molecule has 0 aliphatic heterocycles. The fourth-order valence-electron chi connectivity index (χ4n) is 3.03. The van der Waals surface area contributed by atoms with Crippen LogP contribution in [0.15, 0.2) is 66.7 Å². The third-order valence-electron chi connectivity index (χ3n) is 4.73. The van der Waals surface area contributed by atoms with Gasteiger partial charge in [0.15, 0.2) is 0 Å². The van der Waals surface area contributed by atoms with Crippen LogP contribution in [0.2, 0.25) is 5.02 Å². The molecule has 3 aromatic carbocycles. The number of phenolic OH excluding ortho intramolecular Hbond substituents is 1. The first-order valence-electron chi connectivity index (χ1n) is 9.11. The summed E-state index contributed by atoms with van der Waals surface area (Å²) in [5.41, 5.74) is 1.73. The molecule has 0 spiro atoms. The predicted octanol–water partition coefficient (Wildman–Crippen LogP) is 4.61. The molecular weight excluding hydrogens is 404 g/mol. The molecule has 0 heterocycles. The number of benzene rings is 3. The highest BCUT2D eigenvalue weighted by atomic mass is 35.5. The molecule has 0 aromatic heterocycles. The first-order valence-corrected chi connectivity index (χ1v) is 9.49. The quantitative estimate of drug-likeness (QED) is 0.649. The van der Waals surface area contributed by atoms with Crippen molar-refractivity contribution in [3.63, 3.8) is 0 Å². The molecule has 2 amide bonds. The molecule has 3 rings (SSSR count). The largest absolute Gasteiger partial charge is 0.506 e. The van der Waals surface area contributed by atoms with Crippen LogP contribution in [0.5, 0.6) is 11.5 Å². The van der Waals surface area contributed by atoms with Crippen molar-refractivity contribution in [2.75, 3.05) is 31.0 Å². The summed E-state index contributed by atoms with van der Waals surface area (Å²) in [4.78, 5) is 28.5. The number of amides is 2. The van der Waals surface area contributed by atoms with E-state index in [4.69, 9.17) is 16.3 Å². The monoisotopic (exact) mass is 424 g/mol. The van der Waals surface area contributed by atoms with Gasteiger partial charge in [-0.05, 0) is 36.4 Å². The maximum Gasteiger partial charge on any atom is 0.261 e. The number of carbonyl (C=O) groups is 2. The van der Waals surface area contributed by atoms with E-state index in [0.717, 1.165) is 0 Å². The average Bonchev–Trinajstić information content (AvgIpc) is 2.77. The number of rotatable bonds is 5. The van der Waals surface area contributed by atoms with E-state index in [2.05, 4.69) is 0 Å². The number of anilines is 2. The summed E-state index contributed by atoms with van der Waals surface area (Å²) < 4.78 is 5.41. The lowest BCUT2D eigenvalue weighted by Crippen LogP contribution is -2.28. The molecule has 6 nitrogen and oxygen atoms in total. The zero-order valence-electron chi connectivity index (χ0n) is 16.8. The summed E-state index contributed by atoms with van der Waals surface area (Å²) in [6, 6.07) is 18.3. The van der Waals surface area contributed by atoms with Gasteiger partial charge in [0, 0.05) is 42.5 Å². The molecule has 7 heteroatoms. The average molecular weight is 425 g/mol. The van der Waals surface area contributed by atoms with E-state index in [1.807, 2.05) is 6.07 Å². The first kappa shape index (κ1) is 21.2. The van der Waals surface area contributed by atoms with Gasteiger partial charge in [0.1, 0.15) is 11.5 Å². The summed E-state index contributed by atoms with van der Waals surface area (Å²) in [5.74, 6) is -0.361. The molecule has 0 saturated carbocycles. The number of hydrogen-bond acceptors (Lipinski definition) is 4. The van der Waals surface area contributed by atoms with Gasteiger partial charge >= 0.3 is 0 Å². The van der Waals surface area contributed by atoms with E-state index in [9.17, 15) is 14.7 Å². The molecule has 0 saturated heterocycles. The van der Waals surface area contributed by atoms with Crippen molar-refractivity contribution in [2.45, 2.75) is 0 Å². The van der Waals surface area contributed by atoms with Crippen molar-refractivity contribution in [2.24, 2.45) is 0 Å². The van der Waals surface area contributed by atoms with Gasteiger partial charge in [-0.15, -0.1) is 0 Å². The lowest BCUT2D eigenvalue weighted by atomic mass is 10.1. The van der Waals surface area contributed by atoms with Crippen LogP contribution in [0.4, 0.5) is 11.4 Å². The van der Waals surface area contributed by atoms with Crippen molar-refractivity contribution in [3.8, 4) is 11.5 Å². The van der Waals surface area contributed by atoms with Crippen LogP contribution in [0, 0.1) is 0 Å². The lowest BCUT2D eigenvalue weighted by Gasteiger charge is -2.22. The topological polar surface area (TPSA) is 70.1 Å². The second-order valence-corrected chi connectivity index (χ2v) is 7.05. The normalized spacial score (nSPS) is 10.4. The Labute approximate surface area is 179 Å². The summed E-state index contributed by atoms with van der Waals surface area (Å²) in [6.45, 7) is 0. The Balaban J connectivity index is 1.90. The summed E-state index contributed by atoms with van der Waals surface area (Å²) >= 11 is 5.87. The molecule has 3 aromatic rings. The Morgan fingerprint density at radius 2 is 1.60 bits per heavy atom. The predicted molar refractivity (Wildman–Crippen MR) is 118 cm³/mol. The van der Waals surface area contributed by atoms with Gasteiger partial charge in [0.05, 0.1) is 18.4 Å². The highest BCUT2D eigenvalue weighted by Gasteiger charge is 2.22. The zero-order valence-corrected chi connectivity index (χ0v) is 17.6. The number of carbonyl (C=O) groups excluding carboxylic acids is 2. The molecule has 0 unspecified atom stereocenters. The minimum Gasteiger partial charge on any atom is -0.506 e. The van der Waals surface area contributed by atoms with Crippen molar-refractivity contribution < 1.29 is 19.4 Å². The minimum absolute atomic E-state index is 0.109. The van der Waals surface area contributed by atoms with Crippen molar-refractivity contribution in [1.29, 1.82) is 0 Å².